The van der Waals surface area contributed by atoms with Crippen molar-refractivity contribution in [3.05, 3.63) is 68.9 Å². The highest BCUT2D eigenvalue weighted by Crippen LogP contribution is 2.19. The van der Waals surface area contributed by atoms with E-state index in [0.29, 0.717) is 18.1 Å². The van der Waals surface area contributed by atoms with Crippen molar-refractivity contribution < 1.29 is 9.50 Å². The van der Waals surface area contributed by atoms with Crippen LogP contribution in [0.4, 0.5) is 4.39 Å². The van der Waals surface area contributed by atoms with Crippen molar-refractivity contribution in [3.8, 4) is 0 Å². The van der Waals surface area contributed by atoms with Crippen molar-refractivity contribution in [3.63, 3.8) is 0 Å². The third-order valence-electron chi connectivity index (χ3n) is 2.92. The zero-order valence-electron chi connectivity index (χ0n) is 10.6. The average Bonchev–Trinajstić information content (AvgIpc) is 2.43. The minimum absolute atomic E-state index is 0.275. The first-order chi connectivity index (χ1) is 9.56. The molecule has 1 unspecified atom stereocenters. The maximum Gasteiger partial charge on any atom is 0.123 e. The summed E-state index contributed by atoms with van der Waals surface area (Å²) in [5.74, 6) is -0.275. The third-order valence-corrected chi connectivity index (χ3v) is 3.94. The highest BCUT2D eigenvalue weighted by molar-refractivity contribution is 9.10. The fourth-order valence-electron chi connectivity index (χ4n) is 1.83. The summed E-state index contributed by atoms with van der Waals surface area (Å²) < 4.78 is 14.0. The van der Waals surface area contributed by atoms with Gasteiger partial charge >= 0.3 is 0 Å². The van der Waals surface area contributed by atoms with Gasteiger partial charge in [-0.1, -0.05) is 39.7 Å². The van der Waals surface area contributed by atoms with Gasteiger partial charge in [-0.25, -0.2) is 4.39 Å². The van der Waals surface area contributed by atoms with E-state index in [-0.39, 0.29) is 5.82 Å². The lowest BCUT2D eigenvalue weighted by molar-refractivity contribution is 0.174. The smallest absolute Gasteiger partial charge is 0.123 e. The van der Waals surface area contributed by atoms with Crippen LogP contribution < -0.4 is 5.32 Å². The number of nitrogens with one attached hydrogen (secondary N) is 1. The number of aliphatic hydroxyl groups excluding tert-OH is 1. The van der Waals surface area contributed by atoms with Crippen LogP contribution in [0, 0.1) is 5.82 Å². The van der Waals surface area contributed by atoms with E-state index in [2.05, 4.69) is 21.2 Å². The van der Waals surface area contributed by atoms with Crippen molar-refractivity contribution in [2.24, 2.45) is 0 Å². The Morgan fingerprint density at radius 2 is 1.90 bits per heavy atom. The molecular formula is C15H14BrClFNO. The minimum Gasteiger partial charge on any atom is -0.387 e. The van der Waals surface area contributed by atoms with Crippen LogP contribution in [0.2, 0.25) is 5.02 Å². The molecule has 0 aliphatic rings. The summed E-state index contributed by atoms with van der Waals surface area (Å²) in [6.07, 6.45) is -0.625. The lowest BCUT2D eigenvalue weighted by atomic mass is 10.1. The Hall–Kier alpha value is -0.940. The number of aliphatic hydroxyl groups is 1. The first-order valence-electron chi connectivity index (χ1n) is 6.14. The number of hydrogen-bond acceptors (Lipinski definition) is 2. The molecule has 20 heavy (non-hydrogen) atoms. The lowest BCUT2D eigenvalue weighted by Crippen LogP contribution is -2.21. The molecule has 1 atom stereocenters. The molecule has 0 heterocycles. The fourth-order valence-corrected chi connectivity index (χ4v) is 2.34. The topological polar surface area (TPSA) is 32.3 Å². The molecule has 2 aromatic carbocycles. The van der Waals surface area contributed by atoms with Crippen molar-refractivity contribution in [2.75, 3.05) is 6.54 Å². The summed E-state index contributed by atoms with van der Waals surface area (Å²) in [5.41, 5.74) is 1.61. The predicted molar refractivity (Wildman–Crippen MR) is 82.2 cm³/mol. The molecular weight excluding hydrogens is 345 g/mol. The molecule has 2 rings (SSSR count). The molecule has 0 saturated heterocycles. The molecule has 0 saturated carbocycles. The SMILES string of the molecule is OC(CNCc1cc(F)ccc1Br)c1ccc(Cl)cc1. The molecule has 106 valence electrons. The van der Waals surface area contributed by atoms with E-state index >= 15 is 0 Å². The van der Waals surface area contributed by atoms with Gasteiger partial charge in [-0.2, -0.15) is 0 Å². The molecule has 0 aliphatic carbocycles. The van der Waals surface area contributed by atoms with E-state index in [9.17, 15) is 9.50 Å². The summed E-state index contributed by atoms with van der Waals surface area (Å²) >= 11 is 9.16. The fraction of sp³-hybridized carbons (Fsp3) is 0.200. The Morgan fingerprint density at radius 1 is 1.20 bits per heavy atom. The highest BCUT2D eigenvalue weighted by Gasteiger charge is 2.08. The van der Waals surface area contributed by atoms with Crippen LogP contribution in [0.3, 0.4) is 0 Å². The van der Waals surface area contributed by atoms with Gasteiger partial charge in [-0.05, 0) is 41.5 Å². The molecule has 0 spiro atoms. The number of halogens is 3. The predicted octanol–water partition coefficient (Wildman–Crippen LogP) is 4.06. The first kappa shape index (κ1) is 15.4. The van der Waals surface area contributed by atoms with Gasteiger partial charge in [0.15, 0.2) is 0 Å². The molecule has 0 aliphatic heterocycles. The standard InChI is InChI=1S/C15H14BrClFNO/c16-14-6-5-13(18)7-11(14)8-19-9-15(20)10-1-3-12(17)4-2-10/h1-7,15,19-20H,8-9H2. The van der Waals surface area contributed by atoms with Crippen molar-refractivity contribution in [1.29, 1.82) is 0 Å². The van der Waals surface area contributed by atoms with E-state index < -0.39 is 6.10 Å². The van der Waals surface area contributed by atoms with E-state index in [1.54, 1.807) is 30.3 Å². The molecule has 0 bridgehead atoms. The molecule has 2 nitrogen and oxygen atoms in total. The van der Waals surface area contributed by atoms with E-state index in [1.807, 2.05) is 0 Å². The largest absolute Gasteiger partial charge is 0.387 e. The lowest BCUT2D eigenvalue weighted by Gasteiger charge is -2.13. The highest BCUT2D eigenvalue weighted by atomic mass is 79.9. The molecule has 0 aromatic heterocycles. The molecule has 0 amide bonds. The Labute approximate surface area is 130 Å². The maximum absolute atomic E-state index is 13.1. The zero-order valence-corrected chi connectivity index (χ0v) is 13.0. The second kappa shape index (κ2) is 7.18. The van der Waals surface area contributed by atoms with Gasteiger partial charge < -0.3 is 10.4 Å². The van der Waals surface area contributed by atoms with E-state index in [0.717, 1.165) is 15.6 Å². The monoisotopic (exact) mass is 357 g/mol. The maximum atomic E-state index is 13.1. The first-order valence-corrected chi connectivity index (χ1v) is 7.31. The van der Waals surface area contributed by atoms with Crippen LogP contribution >= 0.6 is 27.5 Å². The Balaban J connectivity index is 1.89. The second-order valence-electron chi connectivity index (χ2n) is 4.43. The van der Waals surface area contributed by atoms with Crippen LogP contribution in [0.15, 0.2) is 46.9 Å². The quantitative estimate of drug-likeness (QED) is 0.844. The minimum atomic E-state index is -0.625. The van der Waals surface area contributed by atoms with Crippen molar-refractivity contribution in [2.45, 2.75) is 12.6 Å². The molecule has 5 heteroatoms. The molecule has 2 aromatic rings. The van der Waals surface area contributed by atoms with Gasteiger partial charge in [0.2, 0.25) is 0 Å². The second-order valence-corrected chi connectivity index (χ2v) is 5.72. The van der Waals surface area contributed by atoms with Gasteiger partial charge in [0.1, 0.15) is 5.82 Å². The summed E-state index contributed by atoms with van der Waals surface area (Å²) in [7, 11) is 0. The van der Waals surface area contributed by atoms with Crippen LogP contribution in [-0.2, 0) is 6.54 Å². The summed E-state index contributed by atoms with van der Waals surface area (Å²) in [5, 5.41) is 13.8. The van der Waals surface area contributed by atoms with Crippen LogP contribution in [0.5, 0.6) is 0 Å². The van der Waals surface area contributed by atoms with Gasteiger partial charge in [-0.3, -0.25) is 0 Å². The summed E-state index contributed by atoms with van der Waals surface area (Å²) in [6, 6.07) is 11.6. The Morgan fingerprint density at radius 3 is 2.60 bits per heavy atom. The third kappa shape index (κ3) is 4.28. The van der Waals surface area contributed by atoms with Gasteiger partial charge in [0.25, 0.3) is 0 Å². The summed E-state index contributed by atoms with van der Waals surface area (Å²) in [4.78, 5) is 0. The molecule has 0 radical (unpaired) electrons. The van der Waals surface area contributed by atoms with E-state index in [1.165, 1.54) is 12.1 Å². The molecule has 2 N–H and O–H groups in total. The van der Waals surface area contributed by atoms with Crippen LogP contribution in [0.1, 0.15) is 17.2 Å². The average molecular weight is 359 g/mol. The van der Waals surface area contributed by atoms with Crippen LogP contribution in [-0.4, -0.2) is 11.7 Å². The van der Waals surface area contributed by atoms with Gasteiger partial charge in [0.05, 0.1) is 6.10 Å². The zero-order chi connectivity index (χ0) is 14.5. The number of benzene rings is 2. The number of hydrogen-bond donors (Lipinski definition) is 2. The van der Waals surface area contributed by atoms with Gasteiger partial charge in [-0.15, -0.1) is 0 Å². The van der Waals surface area contributed by atoms with Crippen molar-refractivity contribution >= 4 is 27.5 Å². The molecule has 0 fully saturated rings. The Bertz CT molecular complexity index is 577. The van der Waals surface area contributed by atoms with Crippen LogP contribution in [0.25, 0.3) is 0 Å². The van der Waals surface area contributed by atoms with Crippen molar-refractivity contribution in [1.82, 2.24) is 5.32 Å². The van der Waals surface area contributed by atoms with Gasteiger partial charge in [0, 0.05) is 22.6 Å². The number of rotatable bonds is 5. The summed E-state index contributed by atoms with van der Waals surface area (Å²) in [6.45, 7) is 0.855. The Kier molecular flexibility index (Phi) is 5.54. The normalized spacial score (nSPS) is 12.4. The van der Waals surface area contributed by atoms with E-state index in [4.69, 9.17) is 11.6 Å².